The Labute approximate surface area is 168 Å². The molecule has 1 aliphatic heterocycles. The summed E-state index contributed by atoms with van der Waals surface area (Å²) in [6, 6.07) is 5.92. The zero-order valence-electron chi connectivity index (χ0n) is 15.4. The summed E-state index contributed by atoms with van der Waals surface area (Å²) in [4.78, 5) is 11.4. The van der Waals surface area contributed by atoms with Crippen LogP contribution in [0.15, 0.2) is 29.4 Å². The summed E-state index contributed by atoms with van der Waals surface area (Å²) in [5, 5.41) is 6.80. The Morgan fingerprint density at radius 3 is 2.76 bits per heavy atom. The van der Waals surface area contributed by atoms with Gasteiger partial charge in [-0.25, -0.2) is 4.99 Å². The van der Waals surface area contributed by atoms with Crippen LogP contribution in [0.25, 0.3) is 0 Å². The van der Waals surface area contributed by atoms with E-state index in [1.807, 2.05) is 24.4 Å². The number of nitrogens with one attached hydrogen (secondary N) is 2. The number of aliphatic imine (C=N–C) groups is 1. The van der Waals surface area contributed by atoms with Crippen LogP contribution in [0.2, 0.25) is 0 Å². The third-order valence-corrected chi connectivity index (χ3v) is 4.35. The number of piperidine rings is 1. The maximum Gasteiger partial charge on any atom is 0.191 e. The maximum atomic E-state index is 5.16. The number of nitrogens with zero attached hydrogens (tertiary/aromatic N) is 3. The van der Waals surface area contributed by atoms with Gasteiger partial charge >= 0.3 is 0 Å². The fourth-order valence-electron chi connectivity index (χ4n) is 2.87. The first-order valence-electron chi connectivity index (χ1n) is 8.95. The van der Waals surface area contributed by atoms with E-state index >= 15 is 0 Å². The summed E-state index contributed by atoms with van der Waals surface area (Å²) in [6.07, 6.45) is 4.27. The predicted molar refractivity (Wildman–Crippen MR) is 114 cm³/mol. The monoisotopic (exact) mass is 461 g/mol. The van der Waals surface area contributed by atoms with Gasteiger partial charge in [0, 0.05) is 32.9 Å². The van der Waals surface area contributed by atoms with E-state index in [0.29, 0.717) is 12.5 Å². The second-order valence-corrected chi connectivity index (χ2v) is 6.17. The lowest BCUT2D eigenvalue weighted by Gasteiger charge is -2.32. The van der Waals surface area contributed by atoms with Gasteiger partial charge in [-0.15, -0.1) is 24.0 Å². The van der Waals surface area contributed by atoms with Crippen molar-refractivity contribution in [2.75, 3.05) is 46.4 Å². The van der Waals surface area contributed by atoms with Crippen molar-refractivity contribution in [2.24, 2.45) is 10.9 Å². The summed E-state index contributed by atoms with van der Waals surface area (Å²) in [5.74, 6) is 1.59. The Hall–Kier alpha value is -0.930. The zero-order chi connectivity index (χ0) is 17.0. The smallest absolute Gasteiger partial charge is 0.191 e. The number of ether oxygens (including phenoxy) is 1. The fourth-order valence-corrected chi connectivity index (χ4v) is 2.87. The van der Waals surface area contributed by atoms with Crippen molar-refractivity contribution < 1.29 is 4.74 Å². The molecule has 1 saturated heterocycles. The van der Waals surface area contributed by atoms with E-state index in [4.69, 9.17) is 4.74 Å². The normalized spacial score (nSPS) is 16.3. The molecule has 0 aliphatic carbocycles. The first-order chi connectivity index (χ1) is 11.8. The molecule has 25 heavy (non-hydrogen) atoms. The molecule has 0 amide bonds. The highest BCUT2D eigenvalue weighted by atomic mass is 127. The lowest BCUT2D eigenvalue weighted by Crippen LogP contribution is -2.43. The van der Waals surface area contributed by atoms with Crippen LogP contribution in [0.5, 0.6) is 0 Å². The summed E-state index contributed by atoms with van der Waals surface area (Å²) in [5.41, 5.74) is 0.987. The molecule has 0 saturated carbocycles. The van der Waals surface area contributed by atoms with Gasteiger partial charge in [0.1, 0.15) is 0 Å². The number of halogens is 1. The summed E-state index contributed by atoms with van der Waals surface area (Å²) >= 11 is 0. The van der Waals surface area contributed by atoms with E-state index in [1.54, 1.807) is 7.11 Å². The van der Waals surface area contributed by atoms with Crippen LogP contribution in [0.4, 0.5) is 0 Å². The van der Waals surface area contributed by atoms with E-state index in [-0.39, 0.29) is 24.0 Å². The van der Waals surface area contributed by atoms with Crippen LogP contribution in [0.3, 0.4) is 0 Å². The molecule has 0 spiro atoms. The third kappa shape index (κ3) is 8.82. The van der Waals surface area contributed by atoms with Gasteiger partial charge in [0.05, 0.1) is 18.8 Å². The van der Waals surface area contributed by atoms with Crippen molar-refractivity contribution in [1.29, 1.82) is 0 Å². The van der Waals surface area contributed by atoms with Crippen LogP contribution in [0.1, 0.15) is 25.5 Å². The SMILES string of the molecule is CCNC(=NCc1ccccn1)NCC1CCN(CCOC)CC1.I. The molecule has 142 valence electrons. The molecule has 6 nitrogen and oxygen atoms in total. The lowest BCUT2D eigenvalue weighted by atomic mass is 9.97. The molecule has 1 aromatic rings. The molecule has 2 N–H and O–H groups in total. The number of rotatable bonds is 8. The van der Waals surface area contributed by atoms with Gasteiger partial charge in [0.25, 0.3) is 0 Å². The second-order valence-electron chi connectivity index (χ2n) is 6.17. The average molecular weight is 461 g/mol. The van der Waals surface area contributed by atoms with E-state index in [1.165, 1.54) is 12.8 Å². The standard InChI is InChI=1S/C18H31N5O.HI/c1-3-19-18(22-15-17-6-4-5-9-20-17)21-14-16-7-10-23(11-8-16)12-13-24-2;/h4-6,9,16H,3,7-8,10-15H2,1-2H3,(H2,19,21,22);1H. The highest BCUT2D eigenvalue weighted by Gasteiger charge is 2.18. The van der Waals surface area contributed by atoms with Gasteiger partial charge in [-0.3, -0.25) is 4.98 Å². The minimum Gasteiger partial charge on any atom is -0.383 e. The molecule has 2 rings (SSSR count). The second kappa shape index (κ2) is 13.3. The first-order valence-corrected chi connectivity index (χ1v) is 8.95. The Kier molecular flexibility index (Phi) is 11.8. The molecule has 1 aliphatic rings. The molecule has 0 bridgehead atoms. The van der Waals surface area contributed by atoms with Crippen LogP contribution in [0, 0.1) is 5.92 Å². The van der Waals surface area contributed by atoms with E-state index in [2.05, 4.69) is 32.4 Å². The summed E-state index contributed by atoms with van der Waals surface area (Å²) in [6.45, 7) is 8.74. The van der Waals surface area contributed by atoms with Crippen molar-refractivity contribution in [3.63, 3.8) is 0 Å². The van der Waals surface area contributed by atoms with Gasteiger partial charge in [0.2, 0.25) is 0 Å². The Bertz CT molecular complexity index is 478. The van der Waals surface area contributed by atoms with Gasteiger partial charge in [-0.2, -0.15) is 0 Å². The molecule has 7 heteroatoms. The molecular formula is C18H32IN5O. The minimum absolute atomic E-state index is 0. The summed E-state index contributed by atoms with van der Waals surface area (Å²) in [7, 11) is 1.77. The van der Waals surface area contributed by atoms with Gasteiger partial charge in [-0.05, 0) is 50.9 Å². The third-order valence-electron chi connectivity index (χ3n) is 4.35. The predicted octanol–water partition coefficient (Wildman–Crippen LogP) is 2.11. The van der Waals surface area contributed by atoms with Crippen molar-refractivity contribution in [2.45, 2.75) is 26.3 Å². The van der Waals surface area contributed by atoms with Crippen molar-refractivity contribution in [1.82, 2.24) is 20.5 Å². The van der Waals surface area contributed by atoms with Crippen molar-refractivity contribution in [3.05, 3.63) is 30.1 Å². The van der Waals surface area contributed by atoms with Gasteiger partial charge in [-0.1, -0.05) is 6.07 Å². The number of pyridine rings is 1. The minimum atomic E-state index is 0. The lowest BCUT2D eigenvalue weighted by molar-refractivity contribution is 0.121. The fraction of sp³-hybridized carbons (Fsp3) is 0.667. The molecule has 0 radical (unpaired) electrons. The number of methoxy groups -OCH3 is 1. The Morgan fingerprint density at radius 2 is 2.12 bits per heavy atom. The van der Waals surface area contributed by atoms with Crippen LogP contribution < -0.4 is 10.6 Å². The number of hydrogen-bond acceptors (Lipinski definition) is 4. The van der Waals surface area contributed by atoms with Crippen molar-refractivity contribution >= 4 is 29.9 Å². The Morgan fingerprint density at radius 1 is 1.32 bits per heavy atom. The quantitative estimate of drug-likeness (QED) is 0.353. The molecule has 1 fully saturated rings. The molecular weight excluding hydrogens is 429 g/mol. The largest absolute Gasteiger partial charge is 0.383 e. The zero-order valence-corrected chi connectivity index (χ0v) is 17.7. The van der Waals surface area contributed by atoms with Crippen LogP contribution in [-0.2, 0) is 11.3 Å². The van der Waals surface area contributed by atoms with E-state index < -0.39 is 0 Å². The maximum absolute atomic E-state index is 5.16. The molecule has 1 aromatic heterocycles. The van der Waals surface area contributed by atoms with Gasteiger partial charge < -0.3 is 20.3 Å². The molecule has 0 atom stereocenters. The van der Waals surface area contributed by atoms with Crippen LogP contribution >= 0.6 is 24.0 Å². The molecule has 0 aromatic carbocycles. The number of likely N-dealkylation sites (tertiary alicyclic amines) is 1. The first kappa shape index (κ1) is 22.1. The van der Waals surface area contributed by atoms with E-state index in [0.717, 1.165) is 51.0 Å². The number of guanidine groups is 1. The van der Waals surface area contributed by atoms with Crippen molar-refractivity contribution in [3.8, 4) is 0 Å². The molecule has 2 heterocycles. The Balaban J connectivity index is 0.00000312. The topological polar surface area (TPSA) is 61.8 Å². The number of hydrogen-bond donors (Lipinski definition) is 2. The summed E-state index contributed by atoms with van der Waals surface area (Å²) < 4.78 is 5.16. The van der Waals surface area contributed by atoms with Crippen LogP contribution in [-0.4, -0.2) is 62.3 Å². The van der Waals surface area contributed by atoms with E-state index in [9.17, 15) is 0 Å². The van der Waals surface area contributed by atoms with Gasteiger partial charge in [0.15, 0.2) is 5.96 Å². The molecule has 0 unspecified atom stereocenters. The number of aromatic nitrogens is 1. The highest BCUT2D eigenvalue weighted by molar-refractivity contribution is 14.0. The highest BCUT2D eigenvalue weighted by Crippen LogP contribution is 2.15. The average Bonchev–Trinajstić information content (AvgIpc) is 2.64.